The van der Waals surface area contributed by atoms with Gasteiger partial charge in [-0.2, -0.15) is 4.37 Å². The highest BCUT2D eigenvalue weighted by atomic mass is 32.1. The molecule has 0 spiro atoms. The van der Waals surface area contributed by atoms with E-state index < -0.39 is 5.97 Å². The Hall–Kier alpha value is -2.54. The molecule has 0 unspecified atom stereocenters. The van der Waals surface area contributed by atoms with Gasteiger partial charge in [0.1, 0.15) is 17.2 Å². The summed E-state index contributed by atoms with van der Waals surface area (Å²) >= 11 is 1.24. The minimum absolute atomic E-state index is 0.0843. The summed E-state index contributed by atoms with van der Waals surface area (Å²) in [6, 6.07) is 7.62. The minimum atomic E-state index is -0.407. The number of ether oxygens (including phenoxy) is 1. The van der Waals surface area contributed by atoms with E-state index in [1.807, 2.05) is 31.2 Å². The molecule has 7 heteroatoms. The Morgan fingerprint density at radius 1 is 1.17 bits per heavy atom. The molecule has 118 valence electrons. The van der Waals surface area contributed by atoms with E-state index in [0.29, 0.717) is 22.0 Å². The molecule has 0 saturated heterocycles. The van der Waals surface area contributed by atoms with Gasteiger partial charge in [-0.25, -0.2) is 14.8 Å². The van der Waals surface area contributed by atoms with Crippen LogP contribution in [0.2, 0.25) is 0 Å². The van der Waals surface area contributed by atoms with Gasteiger partial charge in [0.15, 0.2) is 0 Å². The standard InChI is InChI=1S/C16H16N4O2S/c1-9-13(19-12-7-5-4-6-11(12)18-9)8-22-16(21)14-10(2)20-23-15(14)17-3/h4-7,17H,8H2,1-3H3. The Labute approximate surface area is 137 Å². The lowest BCUT2D eigenvalue weighted by Crippen LogP contribution is -2.10. The topological polar surface area (TPSA) is 77.0 Å². The zero-order valence-electron chi connectivity index (χ0n) is 13.1. The Morgan fingerprint density at radius 2 is 1.87 bits per heavy atom. The summed E-state index contributed by atoms with van der Waals surface area (Å²) in [6.07, 6.45) is 0. The molecule has 2 heterocycles. The number of para-hydroxylation sites is 2. The number of carbonyl (C=O) groups is 1. The number of fused-ring (bicyclic) bond motifs is 1. The largest absolute Gasteiger partial charge is 0.455 e. The molecule has 2 aromatic heterocycles. The average molecular weight is 328 g/mol. The number of nitrogens with one attached hydrogen (secondary N) is 1. The van der Waals surface area contributed by atoms with Gasteiger partial charge >= 0.3 is 5.97 Å². The summed E-state index contributed by atoms with van der Waals surface area (Å²) in [5.74, 6) is -0.407. The summed E-state index contributed by atoms with van der Waals surface area (Å²) in [7, 11) is 1.75. The molecule has 0 aliphatic rings. The Kier molecular flexibility index (Phi) is 4.20. The molecule has 0 atom stereocenters. The number of rotatable bonds is 4. The van der Waals surface area contributed by atoms with Crippen LogP contribution in [0, 0.1) is 13.8 Å². The van der Waals surface area contributed by atoms with Gasteiger partial charge in [-0.05, 0) is 37.5 Å². The summed E-state index contributed by atoms with van der Waals surface area (Å²) in [5, 5.41) is 3.66. The molecule has 3 rings (SSSR count). The molecule has 0 aliphatic heterocycles. The van der Waals surface area contributed by atoms with E-state index in [1.54, 1.807) is 14.0 Å². The van der Waals surface area contributed by atoms with Crippen LogP contribution in [0.25, 0.3) is 11.0 Å². The lowest BCUT2D eigenvalue weighted by Gasteiger charge is -2.08. The third kappa shape index (κ3) is 3.00. The Bertz CT molecular complexity index is 876. The van der Waals surface area contributed by atoms with Crippen molar-refractivity contribution in [1.29, 1.82) is 0 Å². The monoisotopic (exact) mass is 328 g/mol. The summed E-state index contributed by atoms with van der Waals surface area (Å²) in [6.45, 7) is 3.73. The highest BCUT2D eigenvalue weighted by Gasteiger charge is 2.19. The lowest BCUT2D eigenvalue weighted by atomic mass is 10.2. The second kappa shape index (κ2) is 6.29. The van der Waals surface area contributed by atoms with Gasteiger partial charge in [-0.15, -0.1) is 0 Å². The molecule has 1 N–H and O–H groups in total. The van der Waals surface area contributed by atoms with Gasteiger partial charge in [0.2, 0.25) is 0 Å². The van der Waals surface area contributed by atoms with Crippen LogP contribution in [0.3, 0.4) is 0 Å². The van der Waals surface area contributed by atoms with E-state index in [1.165, 1.54) is 11.5 Å². The predicted octanol–water partition coefficient (Wildman–Crippen LogP) is 3.10. The van der Waals surface area contributed by atoms with E-state index in [4.69, 9.17) is 4.74 Å². The molecular weight excluding hydrogens is 312 g/mol. The van der Waals surface area contributed by atoms with Gasteiger partial charge in [0, 0.05) is 7.05 Å². The van der Waals surface area contributed by atoms with E-state index in [0.717, 1.165) is 16.7 Å². The van der Waals surface area contributed by atoms with Crippen LogP contribution >= 0.6 is 11.5 Å². The molecule has 0 fully saturated rings. The molecule has 6 nitrogen and oxygen atoms in total. The van der Waals surface area contributed by atoms with Crippen molar-refractivity contribution in [3.05, 3.63) is 46.9 Å². The van der Waals surface area contributed by atoms with Crippen LogP contribution in [0.1, 0.15) is 27.4 Å². The first-order chi connectivity index (χ1) is 11.1. The van der Waals surface area contributed by atoms with Crippen molar-refractivity contribution in [2.75, 3.05) is 12.4 Å². The number of nitrogens with zero attached hydrogens (tertiary/aromatic N) is 3. The van der Waals surface area contributed by atoms with Crippen LogP contribution in [0.4, 0.5) is 5.00 Å². The molecular formula is C16H16N4O2S. The van der Waals surface area contributed by atoms with Crippen LogP contribution < -0.4 is 5.32 Å². The van der Waals surface area contributed by atoms with Gasteiger partial charge in [0.05, 0.1) is 28.1 Å². The number of carbonyl (C=O) groups excluding carboxylic acids is 1. The van der Waals surface area contributed by atoms with Crippen molar-refractivity contribution in [1.82, 2.24) is 14.3 Å². The first kappa shape index (κ1) is 15.4. The van der Waals surface area contributed by atoms with E-state index in [-0.39, 0.29) is 6.61 Å². The van der Waals surface area contributed by atoms with Crippen molar-refractivity contribution in [2.24, 2.45) is 0 Å². The third-order valence-corrected chi connectivity index (χ3v) is 4.43. The average Bonchev–Trinajstić information content (AvgIpc) is 2.93. The maximum atomic E-state index is 12.3. The van der Waals surface area contributed by atoms with Crippen LogP contribution in [-0.2, 0) is 11.3 Å². The third-order valence-electron chi connectivity index (χ3n) is 3.48. The maximum Gasteiger partial charge on any atom is 0.343 e. The van der Waals surface area contributed by atoms with Gasteiger partial charge in [-0.1, -0.05) is 12.1 Å². The number of benzene rings is 1. The predicted molar refractivity (Wildman–Crippen MR) is 89.8 cm³/mol. The molecule has 1 aromatic carbocycles. The number of aromatic nitrogens is 3. The Balaban J connectivity index is 1.81. The fraction of sp³-hybridized carbons (Fsp3) is 0.250. The number of hydrogen-bond acceptors (Lipinski definition) is 7. The molecule has 23 heavy (non-hydrogen) atoms. The molecule has 0 bridgehead atoms. The summed E-state index contributed by atoms with van der Waals surface area (Å²) in [5.41, 5.74) is 4.16. The van der Waals surface area contributed by atoms with Crippen LogP contribution in [0.5, 0.6) is 0 Å². The van der Waals surface area contributed by atoms with E-state index >= 15 is 0 Å². The van der Waals surface area contributed by atoms with Crippen molar-refractivity contribution < 1.29 is 9.53 Å². The zero-order valence-corrected chi connectivity index (χ0v) is 13.9. The van der Waals surface area contributed by atoms with Crippen molar-refractivity contribution in [3.63, 3.8) is 0 Å². The molecule has 0 radical (unpaired) electrons. The van der Waals surface area contributed by atoms with E-state index in [9.17, 15) is 4.79 Å². The smallest absolute Gasteiger partial charge is 0.343 e. The SMILES string of the molecule is CNc1snc(C)c1C(=O)OCc1nc2ccccc2nc1C. The fourth-order valence-corrected chi connectivity index (χ4v) is 2.98. The van der Waals surface area contributed by atoms with Gasteiger partial charge in [-0.3, -0.25) is 0 Å². The second-order valence-corrected chi connectivity index (χ2v) is 5.82. The fourth-order valence-electron chi connectivity index (χ4n) is 2.25. The first-order valence-corrected chi connectivity index (χ1v) is 7.91. The quantitative estimate of drug-likeness (QED) is 0.742. The lowest BCUT2D eigenvalue weighted by molar-refractivity contribution is 0.0467. The van der Waals surface area contributed by atoms with Crippen LogP contribution in [-0.4, -0.2) is 27.4 Å². The molecule has 3 aromatic rings. The zero-order chi connectivity index (χ0) is 16.4. The number of aryl methyl sites for hydroxylation is 2. The van der Waals surface area contributed by atoms with E-state index in [2.05, 4.69) is 19.7 Å². The summed E-state index contributed by atoms with van der Waals surface area (Å²) in [4.78, 5) is 21.3. The number of anilines is 1. The summed E-state index contributed by atoms with van der Waals surface area (Å²) < 4.78 is 9.58. The van der Waals surface area contributed by atoms with Crippen molar-refractivity contribution >= 4 is 33.5 Å². The second-order valence-electron chi connectivity index (χ2n) is 5.04. The van der Waals surface area contributed by atoms with Gasteiger partial charge in [0.25, 0.3) is 0 Å². The number of hydrogen-bond donors (Lipinski definition) is 1. The minimum Gasteiger partial charge on any atom is -0.455 e. The van der Waals surface area contributed by atoms with Crippen molar-refractivity contribution in [2.45, 2.75) is 20.5 Å². The highest BCUT2D eigenvalue weighted by molar-refractivity contribution is 7.10. The first-order valence-electron chi connectivity index (χ1n) is 7.13. The van der Waals surface area contributed by atoms with Crippen molar-refractivity contribution in [3.8, 4) is 0 Å². The highest BCUT2D eigenvalue weighted by Crippen LogP contribution is 2.25. The van der Waals surface area contributed by atoms with Crippen LogP contribution in [0.15, 0.2) is 24.3 Å². The molecule has 0 saturated carbocycles. The molecule has 0 aliphatic carbocycles. The number of esters is 1. The maximum absolute atomic E-state index is 12.3. The normalized spacial score (nSPS) is 10.7. The van der Waals surface area contributed by atoms with Gasteiger partial charge < -0.3 is 10.1 Å². The Morgan fingerprint density at radius 3 is 2.57 bits per heavy atom. The molecule has 0 amide bonds.